The molecule has 136 valence electrons. The molecule has 7 nitrogen and oxygen atoms in total. The minimum atomic E-state index is 0.185. The summed E-state index contributed by atoms with van der Waals surface area (Å²) < 4.78 is 11.4. The zero-order valence-electron chi connectivity index (χ0n) is 14.9. The van der Waals surface area contributed by atoms with Crippen molar-refractivity contribution in [2.75, 3.05) is 26.8 Å². The fraction of sp³-hybridized carbons (Fsp3) is 0.526. The van der Waals surface area contributed by atoms with E-state index in [9.17, 15) is 0 Å². The van der Waals surface area contributed by atoms with Crippen LogP contribution in [0.3, 0.4) is 0 Å². The number of likely N-dealkylation sites (tertiary alicyclic amines) is 1. The molecule has 1 saturated heterocycles. The number of nitriles is 1. The molecule has 2 aliphatic rings. The van der Waals surface area contributed by atoms with Crippen LogP contribution in [0.5, 0.6) is 5.75 Å². The number of aromatic amines is 1. The highest BCUT2D eigenvalue weighted by Gasteiger charge is 2.36. The van der Waals surface area contributed by atoms with Crippen molar-refractivity contribution in [1.29, 1.82) is 5.26 Å². The van der Waals surface area contributed by atoms with Crippen LogP contribution >= 0.6 is 0 Å². The number of hydrogen-bond acceptors (Lipinski definition) is 6. The number of hydrogen-bond donors (Lipinski definition) is 1. The molecule has 1 saturated carbocycles. The minimum Gasteiger partial charge on any atom is -0.492 e. The Morgan fingerprint density at radius 3 is 2.81 bits per heavy atom. The van der Waals surface area contributed by atoms with Crippen molar-refractivity contribution < 1.29 is 9.47 Å². The Morgan fingerprint density at radius 1 is 1.31 bits per heavy atom. The van der Waals surface area contributed by atoms with E-state index < -0.39 is 0 Å². The zero-order valence-corrected chi connectivity index (χ0v) is 14.9. The molecule has 26 heavy (non-hydrogen) atoms. The van der Waals surface area contributed by atoms with Gasteiger partial charge in [-0.3, -0.25) is 10.00 Å². The third kappa shape index (κ3) is 3.71. The fourth-order valence-electron chi connectivity index (χ4n) is 3.43. The molecule has 2 fully saturated rings. The van der Waals surface area contributed by atoms with E-state index in [1.165, 1.54) is 12.8 Å². The van der Waals surface area contributed by atoms with Crippen molar-refractivity contribution in [3.8, 4) is 11.8 Å². The first-order valence-electron chi connectivity index (χ1n) is 9.09. The highest BCUT2D eigenvalue weighted by molar-refractivity contribution is 5.34. The Hall–Kier alpha value is -2.43. The first kappa shape index (κ1) is 17.0. The van der Waals surface area contributed by atoms with E-state index in [1.54, 1.807) is 19.2 Å². The summed E-state index contributed by atoms with van der Waals surface area (Å²) in [5.41, 5.74) is 0.636. The van der Waals surface area contributed by atoms with Gasteiger partial charge in [-0.05, 0) is 43.5 Å². The van der Waals surface area contributed by atoms with E-state index in [-0.39, 0.29) is 12.1 Å². The number of ether oxygens (including phenoxy) is 2. The summed E-state index contributed by atoms with van der Waals surface area (Å²) in [5.74, 6) is 3.21. The van der Waals surface area contributed by atoms with E-state index >= 15 is 0 Å². The topological polar surface area (TPSA) is 87.1 Å². The van der Waals surface area contributed by atoms with Crippen LogP contribution in [-0.4, -0.2) is 53.0 Å². The van der Waals surface area contributed by atoms with Crippen LogP contribution in [0.1, 0.15) is 48.4 Å². The molecule has 4 rings (SSSR count). The van der Waals surface area contributed by atoms with Gasteiger partial charge in [0.1, 0.15) is 18.2 Å². The Kier molecular flexibility index (Phi) is 4.87. The van der Waals surface area contributed by atoms with Crippen LogP contribution in [0, 0.1) is 11.3 Å². The lowest BCUT2D eigenvalue weighted by Crippen LogP contribution is -2.30. The molecule has 2 atom stereocenters. The molecular weight excluding hydrogens is 330 g/mol. The molecule has 0 amide bonds. The van der Waals surface area contributed by atoms with E-state index in [0.29, 0.717) is 18.1 Å². The Balaban J connectivity index is 1.37. The number of benzene rings is 1. The van der Waals surface area contributed by atoms with E-state index in [2.05, 4.69) is 21.2 Å². The lowest BCUT2D eigenvalue weighted by atomic mass is 10.2. The standard InChI is InChI=1S/C19H23N5O2/c1-25-16-10-17(19-21-18(22-23-19)14-4-5-14)24(12-16)8-9-26-15-6-2-13(11-20)3-7-15/h2-3,6-7,14,16-17H,4-5,8-10,12H2,1H3,(H,21,22,23)/t16-,17+/m1/s1. The highest BCUT2D eigenvalue weighted by atomic mass is 16.5. The third-order valence-electron chi connectivity index (χ3n) is 5.11. The third-order valence-corrected chi connectivity index (χ3v) is 5.11. The van der Waals surface area contributed by atoms with Gasteiger partial charge in [0.2, 0.25) is 0 Å². The molecule has 0 bridgehead atoms. The van der Waals surface area contributed by atoms with Crippen molar-refractivity contribution in [1.82, 2.24) is 20.1 Å². The molecule has 1 N–H and O–H groups in total. The smallest absolute Gasteiger partial charge is 0.153 e. The maximum atomic E-state index is 8.85. The number of aromatic nitrogens is 3. The van der Waals surface area contributed by atoms with Crippen molar-refractivity contribution in [2.45, 2.75) is 37.3 Å². The van der Waals surface area contributed by atoms with Crippen molar-refractivity contribution >= 4 is 0 Å². The normalized spacial score (nSPS) is 23.1. The van der Waals surface area contributed by atoms with Gasteiger partial charge in [0, 0.05) is 26.1 Å². The largest absolute Gasteiger partial charge is 0.492 e. The summed E-state index contributed by atoms with van der Waals surface area (Å²) in [6.45, 7) is 2.21. The summed E-state index contributed by atoms with van der Waals surface area (Å²) in [6, 6.07) is 9.49. The molecular formula is C19H23N5O2. The lowest BCUT2D eigenvalue weighted by Gasteiger charge is -2.22. The molecule has 2 heterocycles. The van der Waals surface area contributed by atoms with Gasteiger partial charge in [0.25, 0.3) is 0 Å². The molecule has 0 radical (unpaired) electrons. The van der Waals surface area contributed by atoms with Gasteiger partial charge in [-0.1, -0.05) is 0 Å². The molecule has 7 heteroatoms. The van der Waals surface area contributed by atoms with Crippen LogP contribution in [0.25, 0.3) is 0 Å². The first-order valence-corrected chi connectivity index (χ1v) is 9.09. The van der Waals surface area contributed by atoms with Crippen LogP contribution in [0.4, 0.5) is 0 Å². The minimum absolute atomic E-state index is 0.185. The molecule has 1 aliphatic carbocycles. The summed E-state index contributed by atoms with van der Waals surface area (Å²) in [5, 5.41) is 16.4. The monoisotopic (exact) mass is 353 g/mol. The summed E-state index contributed by atoms with van der Waals surface area (Å²) >= 11 is 0. The van der Waals surface area contributed by atoms with Gasteiger partial charge in [0.15, 0.2) is 5.82 Å². The lowest BCUT2D eigenvalue weighted by molar-refractivity contribution is 0.105. The number of rotatable bonds is 7. The Bertz CT molecular complexity index is 778. The molecule has 1 aromatic carbocycles. The Morgan fingerprint density at radius 2 is 2.12 bits per heavy atom. The van der Waals surface area contributed by atoms with Gasteiger partial charge in [-0.15, -0.1) is 0 Å². The Labute approximate surface area is 152 Å². The summed E-state index contributed by atoms with van der Waals surface area (Å²) in [6.07, 6.45) is 3.51. The van der Waals surface area contributed by atoms with Crippen molar-refractivity contribution in [2.24, 2.45) is 0 Å². The molecule has 2 aromatic rings. The average Bonchev–Trinajstić information content (AvgIpc) is 3.26. The van der Waals surface area contributed by atoms with Gasteiger partial charge in [-0.25, -0.2) is 4.98 Å². The average molecular weight is 353 g/mol. The number of nitrogens with one attached hydrogen (secondary N) is 1. The SMILES string of the molecule is CO[C@@H]1C[C@@H](c2nc(C3CC3)n[nH]2)N(CCOc2ccc(C#N)cc2)C1. The van der Waals surface area contributed by atoms with Gasteiger partial charge < -0.3 is 9.47 Å². The predicted molar refractivity (Wildman–Crippen MR) is 94.7 cm³/mol. The van der Waals surface area contributed by atoms with E-state index in [4.69, 9.17) is 19.7 Å². The van der Waals surface area contributed by atoms with Gasteiger partial charge in [-0.2, -0.15) is 10.4 Å². The second-order valence-corrected chi connectivity index (χ2v) is 6.94. The van der Waals surface area contributed by atoms with Crippen molar-refractivity contribution in [3.63, 3.8) is 0 Å². The molecule has 0 spiro atoms. The second kappa shape index (κ2) is 7.44. The van der Waals surface area contributed by atoms with Gasteiger partial charge in [0.05, 0.1) is 23.8 Å². The van der Waals surface area contributed by atoms with Crippen LogP contribution in [0.2, 0.25) is 0 Å². The van der Waals surface area contributed by atoms with Crippen molar-refractivity contribution in [3.05, 3.63) is 41.5 Å². The quantitative estimate of drug-likeness (QED) is 0.822. The number of methoxy groups -OCH3 is 1. The molecule has 1 aromatic heterocycles. The zero-order chi connectivity index (χ0) is 17.9. The summed E-state index contributed by atoms with van der Waals surface area (Å²) in [7, 11) is 1.76. The van der Waals surface area contributed by atoms with Crippen LogP contribution in [-0.2, 0) is 4.74 Å². The molecule has 0 unspecified atom stereocenters. The number of nitrogens with zero attached hydrogens (tertiary/aromatic N) is 4. The number of H-pyrrole nitrogens is 1. The van der Waals surface area contributed by atoms with Crippen LogP contribution in [0.15, 0.2) is 24.3 Å². The van der Waals surface area contributed by atoms with Gasteiger partial charge >= 0.3 is 0 Å². The van der Waals surface area contributed by atoms with Crippen LogP contribution < -0.4 is 4.74 Å². The predicted octanol–water partition coefficient (Wildman–Crippen LogP) is 2.39. The summed E-state index contributed by atoms with van der Waals surface area (Å²) in [4.78, 5) is 7.07. The maximum absolute atomic E-state index is 8.85. The molecule has 1 aliphatic heterocycles. The van der Waals surface area contributed by atoms with E-state index in [1.807, 2.05) is 12.1 Å². The fourth-order valence-corrected chi connectivity index (χ4v) is 3.43. The second-order valence-electron chi connectivity index (χ2n) is 6.94. The maximum Gasteiger partial charge on any atom is 0.153 e. The first-order chi connectivity index (χ1) is 12.8. The highest BCUT2D eigenvalue weighted by Crippen LogP contribution is 2.39. The van der Waals surface area contributed by atoms with E-state index in [0.717, 1.165) is 36.9 Å².